The maximum atomic E-state index is 5.34. The van der Waals surface area contributed by atoms with Gasteiger partial charge in [-0.2, -0.15) is 5.10 Å². The molecule has 1 aromatic heterocycles. The van der Waals surface area contributed by atoms with E-state index in [0.717, 1.165) is 48.0 Å². The lowest BCUT2D eigenvalue weighted by atomic mass is 10.1. The molecule has 0 saturated carbocycles. The number of aryl methyl sites for hydroxylation is 2. The number of benzene rings is 3. The summed E-state index contributed by atoms with van der Waals surface area (Å²) in [4.78, 5) is 7.51. The van der Waals surface area contributed by atoms with Crippen LogP contribution < -0.4 is 4.74 Å². The first kappa shape index (κ1) is 21.4. The molecule has 0 radical (unpaired) electrons. The number of hydrogen-bond donors (Lipinski definition) is 0. The molecule has 0 atom stereocenters. The summed E-state index contributed by atoms with van der Waals surface area (Å²) in [5.74, 6) is 2.50. The number of hydrogen-bond acceptors (Lipinski definition) is 4. The van der Waals surface area contributed by atoms with Gasteiger partial charge in [0.1, 0.15) is 5.75 Å². The fourth-order valence-electron chi connectivity index (χ4n) is 4.46. The van der Waals surface area contributed by atoms with Gasteiger partial charge in [0, 0.05) is 24.2 Å². The molecule has 0 unspecified atom stereocenters. The minimum Gasteiger partial charge on any atom is -0.497 e. The van der Waals surface area contributed by atoms with Crippen LogP contribution in [0.2, 0.25) is 0 Å². The number of nitrogens with zero attached hydrogens (tertiary/aromatic N) is 4. The Hall–Kier alpha value is -3.44. The topological polar surface area (TPSA) is 43.2 Å². The SMILES string of the molecule is COc1ccc(-c2nc(-c3cccc(CN4CCCC4)c3)nn2CCc2ccccc2)cc1. The van der Waals surface area contributed by atoms with Crippen LogP contribution in [0.5, 0.6) is 5.75 Å². The Kier molecular flexibility index (Phi) is 6.49. The standard InChI is InChI=1S/C28H30N4O/c1-33-26-14-12-24(13-15-26)28-29-27(30-32(28)19-16-22-8-3-2-4-9-22)25-11-7-10-23(20-25)21-31-17-5-6-18-31/h2-4,7-15,20H,5-6,16-19,21H2,1H3. The molecule has 2 heterocycles. The molecule has 3 aromatic carbocycles. The van der Waals surface area contributed by atoms with Gasteiger partial charge in [0.25, 0.3) is 0 Å². The molecule has 1 aliphatic rings. The molecular weight excluding hydrogens is 408 g/mol. The molecule has 1 saturated heterocycles. The van der Waals surface area contributed by atoms with Gasteiger partial charge in [-0.3, -0.25) is 4.90 Å². The van der Waals surface area contributed by atoms with Crippen molar-refractivity contribution in [1.82, 2.24) is 19.7 Å². The Balaban J connectivity index is 1.45. The minimum absolute atomic E-state index is 0.770. The van der Waals surface area contributed by atoms with Crippen molar-refractivity contribution < 1.29 is 4.74 Å². The zero-order valence-corrected chi connectivity index (χ0v) is 19.2. The number of likely N-dealkylation sites (tertiary alicyclic amines) is 1. The largest absolute Gasteiger partial charge is 0.497 e. The van der Waals surface area contributed by atoms with E-state index in [0.29, 0.717) is 0 Å². The Labute approximate surface area is 195 Å². The van der Waals surface area contributed by atoms with Gasteiger partial charge in [0.15, 0.2) is 11.6 Å². The first-order chi connectivity index (χ1) is 16.3. The Bertz CT molecular complexity index is 1180. The first-order valence-corrected chi connectivity index (χ1v) is 11.7. The van der Waals surface area contributed by atoms with Crippen molar-refractivity contribution in [3.05, 3.63) is 90.0 Å². The van der Waals surface area contributed by atoms with E-state index in [1.807, 2.05) is 16.8 Å². The molecule has 0 aliphatic carbocycles. The molecule has 0 N–H and O–H groups in total. The smallest absolute Gasteiger partial charge is 0.181 e. The summed E-state index contributed by atoms with van der Waals surface area (Å²) in [6, 6.07) is 27.3. The molecule has 1 fully saturated rings. The molecule has 5 heteroatoms. The van der Waals surface area contributed by atoms with Gasteiger partial charge < -0.3 is 4.74 Å². The molecule has 5 nitrogen and oxygen atoms in total. The van der Waals surface area contributed by atoms with Gasteiger partial charge >= 0.3 is 0 Å². The van der Waals surface area contributed by atoms with Crippen molar-refractivity contribution >= 4 is 0 Å². The zero-order valence-electron chi connectivity index (χ0n) is 19.2. The summed E-state index contributed by atoms with van der Waals surface area (Å²) in [5, 5.41) is 4.95. The highest BCUT2D eigenvalue weighted by Crippen LogP contribution is 2.26. The quantitative estimate of drug-likeness (QED) is 0.366. The normalized spacial score (nSPS) is 14.0. The van der Waals surface area contributed by atoms with Crippen LogP contribution in [0.3, 0.4) is 0 Å². The Morgan fingerprint density at radius 2 is 1.58 bits per heavy atom. The predicted octanol–water partition coefficient (Wildman–Crippen LogP) is 5.46. The lowest BCUT2D eigenvalue weighted by Crippen LogP contribution is -2.18. The number of aromatic nitrogens is 3. The number of rotatable bonds is 8. The maximum Gasteiger partial charge on any atom is 0.181 e. The molecule has 5 rings (SSSR count). The summed E-state index contributed by atoms with van der Waals surface area (Å²) in [5.41, 5.74) is 4.72. The van der Waals surface area contributed by atoms with E-state index in [1.165, 1.54) is 37.1 Å². The lowest BCUT2D eigenvalue weighted by molar-refractivity contribution is 0.331. The van der Waals surface area contributed by atoms with E-state index in [9.17, 15) is 0 Å². The Morgan fingerprint density at radius 1 is 0.818 bits per heavy atom. The van der Waals surface area contributed by atoms with Gasteiger partial charge in [-0.15, -0.1) is 0 Å². The second-order valence-corrected chi connectivity index (χ2v) is 8.63. The van der Waals surface area contributed by atoms with Crippen molar-refractivity contribution in [2.24, 2.45) is 0 Å². The van der Waals surface area contributed by atoms with Crippen molar-refractivity contribution in [3.8, 4) is 28.5 Å². The van der Waals surface area contributed by atoms with E-state index >= 15 is 0 Å². The summed E-state index contributed by atoms with van der Waals surface area (Å²) in [7, 11) is 1.69. The third kappa shape index (κ3) is 5.15. The summed E-state index contributed by atoms with van der Waals surface area (Å²) in [6.07, 6.45) is 3.51. The third-order valence-corrected chi connectivity index (χ3v) is 6.27. The van der Waals surface area contributed by atoms with Crippen LogP contribution in [0.15, 0.2) is 78.9 Å². The van der Waals surface area contributed by atoms with Crippen molar-refractivity contribution in [1.29, 1.82) is 0 Å². The van der Waals surface area contributed by atoms with Crippen molar-refractivity contribution in [3.63, 3.8) is 0 Å². The number of ether oxygens (including phenoxy) is 1. The van der Waals surface area contributed by atoms with Gasteiger partial charge in [0.2, 0.25) is 0 Å². The van der Waals surface area contributed by atoms with Crippen LogP contribution in [0, 0.1) is 0 Å². The van der Waals surface area contributed by atoms with Crippen LogP contribution in [0.1, 0.15) is 24.0 Å². The highest BCUT2D eigenvalue weighted by Gasteiger charge is 2.16. The second kappa shape index (κ2) is 10.0. The van der Waals surface area contributed by atoms with Gasteiger partial charge in [-0.25, -0.2) is 9.67 Å². The van der Waals surface area contributed by atoms with Gasteiger partial charge in [-0.1, -0.05) is 48.5 Å². The van der Waals surface area contributed by atoms with Crippen LogP contribution >= 0.6 is 0 Å². The maximum absolute atomic E-state index is 5.34. The van der Waals surface area contributed by atoms with E-state index in [1.54, 1.807) is 7.11 Å². The average molecular weight is 439 g/mol. The van der Waals surface area contributed by atoms with E-state index < -0.39 is 0 Å². The lowest BCUT2D eigenvalue weighted by Gasteiger charge is -2.14. The summed E-state index contributed by atoms with van der Waals surface area (Å²) < 4.78 is 7.38. The molecule has 0 bridgehead atoms. The molecule has 0 spiro atoms. The summed E-state index contributed by atoms with van der Waals surface area (Å²) in [6.45, 7) is 4.15. The number of methoxy groups -OCH3 is 1. The van der Waals surface area contributed by atoms with E-state index in [2.05, 4.69) is 71.6 Å². The van der Waals surface area contributed by atoms with Crippen molar-refractivity contribution in [2.75, 3.05) is 20.2 Å². The Morgan fingerprint density at radius 3 is 2.33 bits per heavy atom. The third-order valence-electron chi connectivity index (χ3n) is 6.27. The fraction of sp³-hybridized carbons (Fsp3) is 0.286. The first-order valence-electron chi connectivity index (χ1n) is 11.7. The van der Waals surface area contributed by atoms with Crippen LogP contribution in [-0.4, -0.2) is 39.9 Å². The molecule has 4 aromatic rings. The minimum atomic E-state index is 0.770. The van der Waals surface area contributed by atoms with E-state index in [4.69, 9.17) is 14.8 Å². The van der Waals surface area contributed by atoms with Crippen LogP contribution in [0.25, 0.3) is 22.8 Å². The summed E-state index contributed by atoms with van der Waals surface area (Å²) >= 11 is 0. The van der Waals surface area contributed by atoms with Crippen LogP contribution in [0.4, 0.5) is 0 Å². The average Bonchev–Trinajstić information content (AvgIpc) is 3.54. The molecular formula is C28H30N4O. The van der Waals surface area contributed by atoms with Crippen molar-refractivity contribution in [2.45, 2.75) is 32.4 Å². The molecule has 1 aliphatic heterocycles. The fourth-order valence-corrected chi connectivity index (χ4v) is 4.46. The molecule has 33 heavy (non-hydrogen) atoms. The highest BCUT2D eigenvalue weighted by molar-refractivity contribution is 5.63. The monoisotopic (exact) mass is 438 g/mol. The highest BCUT2D eigenvalue weighted by atomic mass is 16.5. The van der Waals surface area contributed by atoms with Gasteiger partial charge in [-0.05, 0) is 73.8 Å². The molecule has 168 valence electrons. The second-order valence-electron chi connectivity index (χ2n) is 8.63. The van der Waals surface area contributed by atoms with Crippen LogP contribution in [-0.2, 0) is 19.5 Å². The molecule has 0 amide bonds. The van der Waals surface area contributed by atoms with Gasteiger partial charge in [0.05, 0.1) is 7.11 Å². The predicted molar refractivity (Wildman–Crippen MR) is 132 cm³/mol. The zero-order chi connectivity index (χ0) is 22.5. The van der Waals surface area contributed by atoms with E-state index in [-0.39, 0.29) is 0 Å².